The number of nitrogens with zero attached hydrogens (tertiary/aromatic N) is 1. The highest BCUT2D eigenvalue weighted by atomic mass is 35.5. The average molecular weight is 399 g/mol. The minimum atomic E-state index is -3.38. The largest absolute Gasteiger partial charge is 0.350 e. The van der Waals surface area contributed by atoms with Crippen LogP contribution in [0.4, 0.5) is 0 Å². The Morgan fingerprint density at radius 3 is 2.56 bits per heavy atom. The van der Waals surface area contributed by atoms with Gasteiger partial charge in [0.05, 0.1) is 15.2 Å². The van der Waals surface area contributed by atoms with Crippen LogP contribution in [0, 0.1) is 5.92 Å². The smallest absolute Gasteiger partial charge is 0.269 e. The molecule has 2 aromatic rings. The molecule has 1 amide bonds. The van der Waals surface area contributed by atoms with Gasteiger partial charge in [-0.1, -0.05) is 29.3 Å². The fraction of sp³-hybridized carbons (Fsp3) is 0.294. The van der Waals surface area contributed by atoms with Crippen LogP contribution in [0.5, 0.6) is 0 Å². The van der Waals surface area contributed by atoms with E-state index in [1.165, 1.54) is 12.3 Å². The first kappa shape index (κ1) is 18.2. The van der Waals surface area contributed by atoms with E-state index in [0.717, 1.165) is 0 Å². The number of aromatic nitrogens is 1. The van der Waals surface area contributed by atoms with Crippen molar-refractivity contribution in [2.45, 2.75) is 23.0 Å². The Bertz CT molecular complexity index is 879. The molecule has 3 rings (SSSR count). The molecule has 0 atom stereocenters. The van der Waals surface area contributed by atoms with E-state index < -0.39 is 15.1 Å². The lowest BCUT2D eigenvalue weighted by molar-refractivity contribution is 0.0934. The van der Waals surface area contributed by atoms with Crippen LogP contribution < -0.4 is 5.32 Å². The molecule has 0 spiro atoms. The van der Waals surface area contributed by atoms with Gasteiger partial charge in [0.25, 0.3) is 5.91 Å². The number of rotatable bonds is 5. The maximum Gasteiger partial charge on any atom is 0.269 e. The van der Waals surface area contributed by atoms with E-state index in [2.05, 4.69) is 10.3 Å². The van der Waals surface area contributed by atoms with Crippen LogP contribution >= 0.6 is 23.2 Å². The molecule has 5 nitrogen and oxygen atoms in total. The van der Waals surface area contributed by atoms with Gasteiger partial charge < -0.3 is 5.32 Å². The third-order valence-electron chi connectivity index (χ3n) is 4.27. The van der Waals surface area contributed by atoms with E-state index in [4.69, 9.17) is 23.2 Å². The number of benzene rings is 1. The average Bonchev–Trinajstić information content (AvgIpc) is 2.53. The van der Waals surface area contributed by atoms with Crippen molar-refractivity contribution < 1.29 is 13.2 Å². The zero-order valence-corrected chi connectivity index (χ0v) is 15.5. The van der Waals surface area contributed by atoms with Gasteiger partial charge >= 0.3 is 0 Å². The molecule has 0 bridgehead atoms. The Hall–Kier alpha value is -1.63. The zero-order chi connectivity index (χ0) is 18.0. The van der Waals surface area contributed by atoms with Crippen LogP contribution in [-0.2, 0) is 9.84 Å². The monoisotopic (exact) mass is 398 g/mol. The van der Waals surface area contributed by atoms with Crippen molar-refractivity contribution >= 4 is 38.9 Å². The third kappa shape index (κ3) is 4.14. The van der Waals surface area contributed by atoms with E-state index in [9.17, 15) is 13.2 Å². The van der Waals surface area contributed by atoms with Gasteiger partial charge in [0.15, 0.2) is 9.84 Å². The molecule has 1 aliphatic carbocycles. The van der Waals surface area contributed by atoms with Crippen molar-refractivity contribution in [2.75, 3.05) is 6.54 Å². The molecule has 0 radical (unpaired) electrons. The summed E-state index contributed by atoms with van der Waals surface area (Å²) in [5.41, 5.74) is 0.284. The highest BCUT2D eigenvalue weighted by Crippen LogP contribution is 2.36. The minimum Gasteiger partial charge on any atom is -0.350 e. The fourth-order valence-corrected chi connectivity index (χ4v) is 5.13. The number of carbonyl (C=O) groups is 1. The van der Waals surface area contributed by atoms with Crippen LogP contribution in [0.1, 0.15) is 23.3 Å². The lowest BCUT2D eigenvalue weighted by Gasteiger charge is -2.34. The van der Waals surface area contributed by atoms with Gasteiger partial charge in [0.2, 0.25) is 0 Å². The van der Waals surface area contributed by atoms with Crippen LogP contribution in [0.15, 0.2) is 47.5 Å². The SMILES string of the molecule is O=C(NC[C@H]1C[C@H](S(=O)(=O)c2cccc(Cl)c2)C1)c1ccc(Cl)cn1. The molecule has 25 heavy (non-hydrogen) atoms. The van der Waals surface area contributed by atoms with E-state index in [1.807, 2.05) is 0 Å². The third-order valence-corrected chi connectivity index (χ3v) is 6.90. The summed E-state index contributed by atoms with van der Waals surface area (Å²) in [6.45, 7) is 0.421. The molecule has 0 saturated heterocycles. The number of sulfone groups is 1. The Balaban J connectivity index is 1.52. The predicted molar refractivity (Wildman–Crippen MR) is 96.7 cm³/mol. The Morgan fingerprint density at radius 2 is 1.92 bits per heavy atom. The van der Waals surface area contributed by atoms with E-state index in [-0.39, 0.29) is 22.4 Å². The Labute approximate surface area is 156 Å². The summed E-state index contributed by atoms with van der Waals surface area (Å²) in [6.07, 6.45) is 2.44. The summed E-state index contributed by atoms with van der Waals surface area (Å²) in [4.78, 5) is 16.2. The molecule has 1 N–H and O–H groups in total. The summed E-state index contributed by atoms with van der Waals surface area (Å²) >= 11 is 11.6. The molecule has 132 valence electrons. The normalized spacial score (nSPS) is 19.9. The highest BCUT2D eigenvalue weighted by Gasteiger charge is 2.39. The van der Waals surface area contributed by atoms with Crippen LogP contribution in [0.2, 0.25) is 10.0 Å². The number of halogens is 2. The second kappa shape index (κ2) is 7.32. The summed E-state index contributed by atoms with van der Waals surface area (Å²) in [6, 6.07) is 9.45. The van der Waals surface area contributed by atoms with Gasteiger partial charge in [0.1, 0.15) is 5.69 Å². The van der Waals surface area contributed by atoms with Crippen LogP contribution in [0.25, 0.3) is 0 Å². The number of nitrogens with one attached hydrogen (secondary N) is 1. The summed E-state index contributed by atoms with van der Waals surface area (Å²) < 4.78 is 25.1. The fourth-order valence-electron chi connectivity index (χ4n) is 2.77. The minimum absolute atomic E-state index is 0.134. The van der Waals surface area contributed by atoms with Gasteiger partial charge in [-0.15, -0.1) is 0 Å². The lowest BCUT2D eigenvalue weighted by atomic mass is 9.85. The van der Waals surface area contributed by atoms with E-state index >= 15 is 0 Å². The molecule has 1 saturated carbocycles. The summed E-state index contributed by atoms with van der Waals surface area (Å²) in [5, 5.41) is 3.22. The predicted octanol–water partition coefficient (Wildman–Crippen LogP) is 3.37. The second-order valence-electron chi connectivity index (χ2n) is 6.03. The van der Waals surface area contributed by atoms with Crippen molar-refractivity contribution in [3.8, 4) is 0 Å². The molecule has 1 fully saturated rings. The molecule has 1 aromatic heterocycles. The van der Waals surface area contributed by atoms with E-state index in [0.29, 0.717) is 29.4 Å². The van der Waals surface area contributed by atoms with Crippen molar-refractivity contribution in [3.63, 3.8) is 0 Å². The maximum atomic E-state index is 12.5. The topological polar surface area (TPSA) is 76.1 Å². The zero-order valence-electron chi connectivity index (χ0n) is 13.2. The Kier molecular flexibility index (Phi) is 5.32. The van der Waals surface area contributed by atoms with Gasteiger partial charge in [-0.2, -0.15) is 0 Å². The number of amides is 1. The first-order valence-electron chi connectivity index (χ1n) is 7.75. The van der Waals surface area contributed by atoms with Crippen LogP contribution in [-0.4, -0.2) is 31.1 Å². The number of hydrogen-bond acceptors (Lipinski definition) is 4. The maximum absolute atomic E-state index is 12.5. The van der Waals surface area contributed by atoms with Gasteiger partial charge in [-0.25, -0.2) is 13.4 Å². The first-order chi connectivity index (χ1) is 11.9. The van der Waals surface area contributed by atoms with Crippen molar-refractivity contribution in [2.24, 2.45) is 5.92 Å². The molecular formula is C17H16Cl2N2O3S. The quantitative estimate of drug-likeness (QED) is 0.837. The highest BCUT2D eigenvalue weighted by molar-refractivity contribution is 7.92. The molecule has 0 aliphatic heterocycles. The Morgan fingerprint density at radius 1 is 1.16 bits per heavy atom. The lowest BCUT2D eigenvalue weighted by Crippen LogP contribution is -2.42. The van der Waals surface area contributed by atoms with Crippen molar-refractivity contribution in [1.82, 2.24) is 10.3 Å². The number of carbonyl (C=O) groups excluding carboxylic acids is 1. The van der Waals surface area contributed by atoms with Gasteiger partial charge in [-0.05, 0) is 49.1 Å². The number of hydrogen-bond donors (Lipinski definition) is 1. The van der Waals surface area contributed by atoms with Gasteiger partial charge in [0, 0.05) is 17.8 Å². The van der Waals surface area contributed by atoms with Crippen molar-refractivity contribution in [1.29, 1.82) is 0 Å². The second-order valence-corrected chi connectivity index (χ2v) is 9.13. The van der Waals surface area contributed by atoms with Crippen molar-refractivity contribution in [3.05, 3.63) is 58.3 Å². The standard InChI is InChI=1S/C17H16Cl2N2O3S/c18-12-2-1-3-14(8-12)25(23,24)15-6-11(7-15)9-21-17(22)16-5-4-13(19)10-20-16/h1-5,8,10-11,15H,6-7,9H2,(H,21,22)/t11-,15-. The number of pyridine rings is 1. The summed E-state index contributed by atoms with van der Waals surface area (Å²) in [7, 11) is -3.38. The van der Waals surface area contributed by atoms with Crippen LogP contribution in [0.3, 0.4) is 0 Å². The molecule has 1 heterocycles. The summed E-state index contributed by atoms with van der Waals surface area (Å²) in [5.74, 6) is -0.159. The molecular weight excluding hydrogens is 383 g/mol. The molecule has 1 aliphatic rings. The first-order valence-corrected chi connectivity index (χ1v) is 10.1. The van der Waals surface area contributed by atoms with Gasteiger partial charge in [-0.3, -0.25) is 4.79 Å². The molecule has 8 heteroatoms. The van der Waals surface area contributed by atoms with E-state index in [1.54, 1.807) is 30.3 Å². The molecule has 0 unspecified atom stereocenters. The molecule has 1 aromatic carbocycles.